The van der Waals surface area contributed by atoms with Gasteiger partial charge in [-0.1, -0.05) is 44.5 Å². The Kier molecular flexibility index (Phi) is 12.8. The van der Waals surface area contributed by atoms with Gasteiger partial charge in [0.25, 0.3) is 0 Å². The van der Waals surface area contributed by atoms with Crippen LogP contribution in [-0.2, 0) is 32.0 Å². The van der Waals surface area contributed by atoms with Crippen LogP contribution in [0.2, 0.25) is 0 Å². The van der Waals surface area contributed by atoms with Crippen molar-refractivity contribution in [3.8, 4) is 23.3 Å². The Hall–Kier alpha value is -4.35. The van der Waals surface area contributed by atoms with E-state index < -0.39 is 42.5 Å². The number of phenols is 2. The molecule has 4 N–H and O–H groups in total. The standard InChI is InChI=1S/C34H42F3NO8/c1-4-6-17-45-33(44)25(18-23(5-2)32(43)46-20-34(35,36)37)19-28(24-9-13-27(40)14-10-24)29-21(3)30(41)38(31(29)42)16-15-22-7-11-26(39)12-8-22/h7-14,23,25,28,39-42H,4-6,15-20H2,1-3H3. The number of hydrogen-bond donors (Lipinski definition) is 4. The van der Waals surface area contributed by atoms with Gasteiger partial charge < -0.3 is 29.9 Å². The number of carbonyl (C=O) groups excluding carboxylic acids is 2. The van der Waals surface area contributed by atoms with E-state index in [2.05, 4.69) is 4.74 Å². The van der Waals surface area contributed by atoms with Gasteiger partial charge in [0.2, 0.25) is 0 Å². The van der Waals surface area contributed by atoms with Crippen LogP contribution in [0, 0.1) is 18.8 Å². The third-order valence-electron chi connectivity index (χ3n) is 8.07. The zero-order valence-electron chi connectivity index (χ0n) is 26.2. The number of esters is 2. The van der Waals surface area contributed by atoms with E-state index in [1.807, 2.05) is 6.92 Å². The molecule has 0 aliphatic rings. The molecule has 0 saturated carbocycles. The summed E-state index contributed by atoms with van der Waals surface area (Å²) in [5, 5.41) is 42.2. The predicted molar refractivity (Wildman–Crippen MR) is 164 cm³/mol. The van der Waals surface area contributed by atoms with Crippen molar-refractivity contribution in [3.05, 3.63) is 70.8 Å². The maximum Gasteiger partial charge on any atom is 0.422 e. The number of ether oxygens (including phenoxy) is 2. The van der Waals surface area contributed by atoms with Crippen molar-refractivity contribution < 1.29 is 52.7 Å². The fraction of sp³-hybridized carbons (Fsp3) is 0.471. The van der Waals surface area contributed by atoms with Crippen molar-refractivity contribution in [2.75, 3.05) is 13.2 Å². The van der Waals surface area contributed by atoms with Crippen LogP contribution in [0.15, 0.2) is 48.5 Å². The fourth-order valence-electron chi connectivity index (χ4n) is 5.45. The van der Waals surface area contributed by atoms with Gasteiger partial charge in [0.1, 0.15) is 11.5 Å². The highest BCUT2D eigenvalue weighted by atomic mass is 19.4. The summed E-state index contributed by atoms with van der Waals surface area (Å²) in [5.41, 5.74) is 2.08. The Morgan fingerprint density at radius 1 is 0.826 bits per heavy atom. The molecule has 0 spiro atoms. The van der Waals surface area contributed by atoms with Gasteiger partial charge in [-0.25, -0.2) is 0 Å². The summed E-state index contributed by atoms with van der Waals surface area (Å²) in [6.45, 7) is 3.70. The normalized spacial score (nSPS) is 13.6. The van der Waals surface area contributed by atoms with E-state index in [1.54, 1.807) is 38.1 Å². The number of halogens is 3. The Bertz CT molecular complexity index is 1430. The smallest absolute Gasteiger partial charge is 0.422 e. The molecule has 0 amide bonds. The molecule has 0 aliphatic carbocycles. The lowest BCUT2D eigenvalue weighted by Crippen LogP contribution is -2.29. The molecule has 2 aromatic carbocycles. The maximum atomic E-state index is 13.5. The van der Waals surface area contributed by atoms with Gasteiger partial charge in [0.05, 0.1) is 18.4 Å². The highest BCUT2D eigenvalue weighted by Gasteiger charge is 2.36. The van der Waals surface area contributed by atoms with Crippen LogP contribution in [0.3, 0.4) is 0 Å². The van der Waals surface area contributed by atoms with E-state index in [-0.39, 0.29) is 55.7 Å². The molecule has 1 heterocycles. The first-order valence-electron chi connectivity index (χ1n) is 15.3. The molecule has 0 bridgehead atoms. The number of nitrogens with zero attached hydrogens (tertiary/aromatic N) is 1. The summed E-state index contributed by atoms with van der Waals surface area (Å²) in [4.78, 5) is 26.1. The molecule has 3 aromatic rings. The van der Waals surface area contributed by atoms with E-state index in [9.17, 15) is 43.2 Å². The molecule has 1 aromatic heterocycles. The second-order valence-corrected chi connectivity index (χ2v) is 11.4. The van der Waals surface area contributed by atoms with Gasteiger partial charge >= 0.3 is 18.1 Å². The molecule has 12 heteroatoms. The van der Waals surface area contributed by atoms with E-state index in [4.69, 9.17) is 4.74 Å². The fourth-order valence-corrected chi connectivity index (χ4v) is 5.45. The number of aromatic hydroxyl groups is 4. The van der Waals surface area contributed by atoms with Gasteiger partial charge in [-0.15, -0.1) is 0 Å². The lowest BCUT2D eigenvalue weighted by molar-refractivity contribution is -0.189. The second kappa shape index (κ2) is 16.3. The number of aromatic nitrogens is 1. The highest BCUT2D eigenvalue weighted by Crippen LogP contribution is 2.45. The third-order valence-corrected chi connectivity index (χ3v) is 8.07. The molecule has 9 nitrogen and oxygen atoms in total. The van der Waals surface area contributed by atoms with Crippen LogP contribution in [0.4, 0.5) is 13.2 Å². The monoisotopic (exact) mass is 649 g/mol. The molecule has 252 valence electrons. The second-order valence-electron chi connectivity index (χ2n) is 11.4. The van der Waals surface area contributed by atoms with Gasteiger partial charge in [0.15, 0.2) is 18.4 Å². The Balaban J connectivity index is 2.01. The van der Waals surface area contributed by atoms with Crippen LogP contribution in [0.5, 0.6) is 23.3 Å². The number of rotatable bonds is 16. The number of aryl methyl sites for hydroxylation is 1. The Morgan fingerprint density at radius 2 is 1.41 bits per heavy atom. The quantitative estimate of drug-likeness (QED) is 0.0975. The van der Waals surface area contributed by atoms with Crippen molar-refractivity contribution in [1.82, 2.24) is 4.57 Å². The predicted octanol–water partition coefficient (Wildman–Crippen LogP) is 6.86. The molecule has 3 rings (SSSR count). The first kappa shape index (κ1) is 36.1. The minimum Gasteiger partial charge on any atom is -0.508 e. The maximum absolute atomic E-state index is 13.5. The van der Waals surface area contributed by atoms with Crippen LogP contribution < -0.4 is 0 Å². The first-order valence-corrected chi connectivity index (χ1v) is 15.3. The third kappa shape index (κ3) is 9.82. The van der Waals surface area contributed by atoms with Gasteiger partial charge in [-0.2, -0.15) is 13.2 Å². The number of unbranched alkanes of at least 4 members (excludes halogenated alkanes) is 1. The number of carbonyl (C=O) groups is 2. The molecule has 0 radical (unpaired) electrons. The van der Waals surface area contributed by atoms with Gasteiger partial charge in [0, 0.05) is 23.6 Å². The first-order chi connectivity index (χ1) is 21.7. The lowest BCUT2D eigenvalue weighted by Gasteiger charge is -2.26. The molecule has 3 unspecified atom stereocenters. The molecular formula is C34H42F3NO8. The minimum absolute atomic E-state index is 0.0215. The number of benzene rings is 2. The Morgan fingerprint density at radius 3 is 1.98 bits per heavy atom. The number of alkyl halides is 3. The van der Waals surface area contributed by atoms with Gasteiger partial charge in [-0.3, -0.25) is 14.2 Å². The summed E-state index contributed by atoms with van der Waals surface area (Å²) in [7, 11) is 0. The van der Waals surface area contributed by atoms with E-state index in [0.717, 1.165) is 12.0 Å². The Labute approximate surface area is 266 Å². The largest absolute Gasteiger partial charge is 0.508 e. The lowest BCUT2D eigenvalue weighted by atomic mass is 9.79. The van der Waals surface area contributed by atoms with Crippen molar-refractivity contribution >= 4 is 11.9 Å². The molecule has 46 heavy (non-hydrogen) atoms. The zero-order valence-corrected chi connectivity index (χ0v) is 26.2. The average molecular weight is 650 g/mol. The van der Waals surface area contributed by atoms with Crippen LogP contribution >= 0.6 is 0 Å². The summed E-state index contributed by atoms with van der Waals surface area (Å²) in [6, 6.07) is 12.6. The molecular weight excluding hydrogens is 607 g/mol. The van der Waals surface area contributed by atoms with Crippen molar-refractivity contribution in [2.45, 2.75) is 77.9 Å². The van der Waals surface area contributed by atoms with E-state index >= 15 is 0 Å². The van der Waals surface area contributed by atoms with E-state index in [1.165, 1.54) is 28.8 Å². The average Bonchev–Trinajstić information content (AvgIpc) is 3.22. The van der Waals surface area contributed by atoms with Crippen LogP contribution in [0.1, 0.15) is 74.1 Å². The van der Waals surface area contributed by atoms with Crippen molar-refractivity contribution in [3.63, 3.8) is 0 Å². The van der Waals surface area contributed by atoms with E-state index in [0.29, 0.717) is 29.5 Å². The molecule has 0 aliphatic heterocycles. The molecule has 0 fully saturated rings. The topological polar surface area (TPSA) is 138 Å². The molecule has 3 atom stereocenters. The van der Waals surface area contributed by atoms with Gasteiger partial charge in [-0.05, 0) is 74.4 Å². The summed E-state index contributed by atoms with van der Waals surface area (Å²) < 4.78 is 49.7. The van der Waals surface area contributed by atoms with Crippen LogP contribution in [-0.4, -0.2) is 56.3 Å². The zero-order chi connectivity index (χ0) is 34.0. The number of phenolic OH excluding ortho intramolecular Hbond substituents is 2. The van der Waals surface area contributed by atoms with Crippen LogP contribution in [0.25, 0.3) is 0 Å². The minimum atomic E-state index is -4.71. The molecule has 0 saturated heterocycles. The number of hydrogen-bond acceptors (Lipinski definition) is 8. The SMILES string of the molecule is CCCCOC(=O)C(CC(CC)C(=O)OCC(F)(F)F)CC(c1ccc(O)cc1)c1c(C)c(O)n(CCc2ccc(O)cc2)c1O. The summed E-state index contributed by atoms with van der Waals surface area (Å²) in [6.07, 6.45) is -3.05. The summed E-state index contributed by atoms with van der Waals surface area (Å²) in [5.74, 6) is -4.88. The highest BCUT2D eigenvalue weighted by molar-refractivity contribution is 5.76. The van der Waals surface area contributed by atoms with Crippen molar-refractivity contribution in [2.24, 2.45) is 11.8 Å². The summed E-state index contributed by atoms with van der Waals surface area (Å²) >= 11 is 0. The van der Waals surface area contributed by atoms with Crippen molar-refractivity contribution in [1.29, 1.82) is 0 Å².